The number of aliphatic carboxylic acids is 1. The highest BCUT2D eigenvalue weighted by Crippen LogP contribution is 2.36. The molecule has 2 aliphatic rings. The molecule has 48 heavy (non-hydrogen) atoms. The zero-order valence-electron chi connectivity index (χ0n) is 26.8. The molecule has 0 radical (unpaired) electrons. The largest absolute Gasteiger partial charge is 0.489 e. The van der Waals surface area contributed by atoms with Gasteiger partial charge in [-0.15, -0.1) is 0 Å². The zero-order chi connectivity index (χ0) is 33.5. The number of nitrogens with one attached hydrogen (secondary N) is 1. The number of carboxylic acid groups (broad SMARTS) is 1. The van der Waals surface area contributed by atoms with Crippen LogP contribution in [0.2, 0.25) is 0 Å². The van der Waals surface area contributed by atoms with E-state index < -0.39 is 24.0 Å². The highest BCUT2D eigenvalue weighted by molar-refractivity contribution is 5.90. The molecule has 0 bridgehead atoms. The molecule has 0 spiro atoms. The maximum atomic E-state index is 14.4. The third-order valence-electron chi connectivity index (χ3n) is 9.43. The van der Waals surface area contributed by atoms with Crippen molar-refractivity contribution in [3.05, 3.63) is 125 Å². The molecular weight excluding hydrogens is 602 g/mol. The summed E-state index contributed by atoms with van der Waals surface area (Å²) in [5, 5.41) is 22.1. The quantitative estimate of drug-likeness (QED) is 0.180. The van der Waals surface area contributed by atoms with Gasteiger partial charge >= 0.3 is 5.97 Å². The molecule has 1 aliphatic carbocycles. The molecule has 1 aliphatic heterocycles. The number of benzene rings is 4. The molecule has 2 N–H and O–H groups in total. The van der Waals surface area contributed by atoms with E-state index in [4.69, 9.17) is 4.74 Å². The molecule has 6 rings (SSSR count). The topological polar surface area (TPSA) is 120 Å². The Labute approximate surface area is 281 Å². The first-order valence-electron chi connectivity index (χ1n) is 16.6. The molecule has 8 nitrogen and oxygen atoms in total. The van der Waals surface area contributed by atoms with Crippen molar-refractivity contribution in [2.75, 3.05) is 6.54 Å². The Kier molecular flexibility index (Phi) is 10.2. The lowest BCUT2D eigenvalue weighted by Crippen LogP contribution is -2.48. The maximum Gasteiger partial charge on any atom is 0.305 e. The van der Waals surface area contributed by atoms with Crippen molar-refractivity contribution in [2.45, 2.75) is 63.6 Å². The van der Waals surface area contributed by atoms with E-state index in [1.165, 1.54) is 0 Å². The molecule has 2 atom stereocenters. The standard InChI is InChI=1S/C40H39N3O5/c41-25-28-9-6-10-29(21-28)26-48-34-18-17-32-19-20-43(37(44)22-27-7-4-5-8-27)39(35(32)23-34)40(47)42-36(24-38(45)46)33-15-13-31(14-16-33)30-11-2-1-3-12-30/h1-3,6,9-18,21,23,27,36,39H,4-5,7-8,19-20,22,24,26H2,(H,42,47)(H,45,46). The minimum atomic E-state index is -1.04. The van der Waals surface area contributed by atoms with Crippen molar-refractivity contribution in [2.24, 2.45) is 5.92 Å². The molecular formula is C40H39N3O5. The highest BCUT2D eigenvalue weighted by Gasteiger charge is 2.38. The molecule has 244 valence electrons. The Morgan fingerprint density at radius 1 is 0.917 bits per heavy atom. The Morgan fingerprint density at radius 2 is 1.67 bits per heavy atom. The van der Waals surface area contributed by atoms with Gasteiger partial charge in [0.1, 0.15) is 18.4 Å². The van der Waals surface area contributed by atoms with Gasteiger partial charge in [0, 0.05) is 13.0 Å². The van der Waals surface area contributed by atoms with E-state index in [1.807, 2.05) is 78.9 Å². The summed E-state index contributed by atoms with van der Waals surface area (Å²) in [6, 6.07) is 30.6. The lowest BCUT2D eigenvalue weighted by molar-refractivity contribution is -0.143. The van der Waals surface area contributed by atoms with Crippen LogP contribution >= 0.6 is 0 Å². The van der Waals surface area contributed by atoms with Crippen LogP contribution in [-0.4, -0.2) is 34.3 Å². The molecule has 0 saturated heterocycles. The average molecular weight is 642 g/mol. The van der Waals surface area contributed by atoms with Crippen LogP contribution in [0.4, 0.5) is 0 Å². The van der Waals surface area contributed by atoms with Crippen molar-refractivity contribution >= 4 is 17.8 Å². The summed E-state index contributed by atoms with van der Waals surface area (Å²) >= 11 is 0. The number of amides is 2. The monoisotopic (exact) mass is 641 g/mol. The summed E-state index contributed by atoms with van der Waals surface area (Å²) in [6.07, 6.45) is 4.93. The number of nitrogens with zero attached hydrogens (tertiary/aromatic N) is 2. The van der Waals surface area contributed by atoms with Gasteiger partial charge in [-0.25, -0.2) is 0 Å². The van der Waals surface area contributed by atoms with Crippen LogP contribution < -0.4 is 10.1 Å². The van der Waals surface area contributed by atoms with Gasteiger partial charge in [0.25, 0.3) is 0 Å². The zero-order valence-corrected chi connectivity index (χ0v) is 26.8. The van der Waals surface area contributed by atoms with Gasteiger partial charge in [-0.05, 0) is 82.8 Å². The molecule has 2 unspecified atom stereocenters. The van der Waals surface area contributed by atoms with Gasteiger partial charge in [0.2, 0.25) is 11.8 Å². The van der Waals surface area contributed by atoms with Gasteiger partial charge in [-0.1, -0.05) is 85.6 Å². The van der Waals surface area contributed by atoms with E-state index in [0.717, 1.165) is 47.9 Å². The molecule has 0 aromatic heterocycles. The summed E-state index contributed by atoms with van der Waals surface area (Å²) < 4.78 is 6.12. The number of carboxylic acids is 1. The van der Waals surface area contributed by atoms with Gasteiger partial charge in [0.15, 0.2) is 0 Å². The summed E-state index contributed by atoms with van der Waals surface area (Å²) in [5.41, 5.74) is 5.69. The molecule has 4 aromatic rings. The number of hydrogen-bond acceptors (Lipinski definition) is 5. The number of carbonyl (C=O) groups excluding carboxylic acids is 2. The second-order valence-corrected chi connectivity index (χ2v) is 12.7. The van der Waals surface area contributed by atoms with Crippen LogP contribution in [0.15, 0.2) is 97.1 Å². The number of nitriles is 1. The van der Waals surface area contributed by atoms with E-state index in [0.29, 0.717) is 47.7 Å². The van der Waals surface area contributed by atoms with E-state index in [1.54, 1.807) is 23.1 Å². The fraction of sp³-hybridized carbons (Fsp3) is 0.300. The Balaban J connectivity index is 1.28. The smallest absolute Gasteiger partial charge is 0.305 e. The molecule has 8 heteroatoms. The molecule has 4 aromatic carbocycles. The first kappa shape index (κ1) is 32.5. The van der Waals surface area contributed by atoms with Crippen LogP contribution in [0, 0.1) is 17.2 Å². The average Bonchev–Trinajstić information content (AvgIpc) is 3.63. The first-order valence-corrected chi connectivity index (χ1v) is 16.6. The number of rotatable bonds is 11. The molecule has 1 saturated carbocycles. The third kappa shape index (κ3) is 7.75. The van der Waals surface area contributed by atoms with E-state index in [9.17, 15) is 24.8 Å². The Morgan fingerprint density at radius 3 is 2.40 bits per heavy atom. The predicted molar refractivity (Wildman–Crippen MR) is 182 cm³/mol. The number of carbonyl (C=O) groups is 3. The fourth-order valence-electron chi connectivity index (χ4n) is 6.93. The predicted octanol–water partition coefficient (Wildman–Crippen LogP) is 7.14. The summed E-state index contributed by atoms with van der Waals surface area (Å²) in [6.45, 7) is 0.627. The Hall–Kier alpha value is -5.42. The molecule has 1 heterocycles. The maximum absolute atomic E-state index is 14.4. The third-order valence-corrected chi connectivity index (χ3v) is 9.43. The summed E-state index contributed by atoms with van der Waals surface area (Å²) in [5.74, 6) is -0.675. The molecule has 1 fully saturated rings. The fourth-order valence-corrected chi connectivity index (χ4v) is 6.93. The lowest BCUT2D eigenvalue weighted by Gasteiger charge is -2.38. The SMILES string of the molecule is N#Cc1cccc(COc2ccc3c(c2)C(C(=O)NC(CC(=O)O)c2ccc(-c4ccccc4)cc2)N(C(=O)CC2CCCC2)CC3)c1. The Bertz CT molecular complexity index is 1810. The minimum Gasteiger partial charge on any atom is -0.489 e. The second-order valence-electron chi connectivity index (χ2n) is 12.7. The summed E-state index contributed by atoms with van der Waals surface area (Å²) in [7, 11) is 0. The van der Waals surface area contributed by atoms with Crippen LogP contribution in [-0.2, 0) is 27.4 Å². The van der Waals surface area contributed by atoms with Gasteiger partial charge < -0.3 is 20.1 Å². The van der Waals surface area contributed by atoms with E-state index in [2.05, 4.69) is 11.4 Å². The van der Waals surface area contributed by atoms with Crippen molar-refractivity contribution in [1.82, 2.24) is 10.2 Å². The minimum absolute atomic E-state index is 0.0608. The normalized spacial score (nSPS) is 16.4. The second kappa shape index (κ2) is 15.0. The number of fused-ring (bicyclic) bond motifs is 1. The van der Waals surface area contributed by atoms with Crippen LogP contribution in [0.25, 0.3) is 11.1 Å². The van der Waals surface area contributed by atoms with Gasteiger partial charge in [-0.3, -0.25) is 14.4 Å². The van der Waals surface area contributed by atoms with Crippen molar-refractivity contribution < 1.29 is 24.2 Å². The van der Waals surface area contributed by atoms with Crippen molar-refractivity contribution in [3.63, 3.8) is 0 Å². The van der Waals surface area contributed by atoms with Gasteiger partial charge in [0.05, 0.1) is 24.1 Å². The van der Waals surface area contributed by atoms with Crippen LogP contribution in [0.1, 0.15) is 78.4 Å². The summed E-state index contributed by atoms with van der Waals surface area (Å²) in [4.78, 5) is 41.9. The van der Waals surface area contributed by atoms with Crippen LogP contribution in [0.5, 0.6) is 5.75 Å². The van der Waals surface area contributed by atoms with Crippen molar-refractivity contribution in [1.29, 1.82) is 5.26 Å². The van der Waals surface area contributed by atoms with Crippen LogP contribution in [0.3, 0.4) is 0 Å². The number of ether oxygens (including phenoxy) is 1. The lowest BCUT2D eigenvalue weighted by atomic mass is 9.90. The van der Waals surface area contributed by atoms with E-state index in [-0.39, 0.29) is 18.9 Å². The first-order chi connectivity index (χ1) is 23.4. The molecule has 2 amide bonds. The number of hydrogen-bond donors (Lipinski definition) is 2. The van der Waals surface area contributed by atoms with Crippen molar-refractivity contribution in [3.8, 4) is 22.9 Å². The van der Waals surface area contributed by atoms with E-state index >= 15 is 0 Å². The van der Waals surface area contributed by atoms with Gasteiger partial charge in [-0.2, -0.15) is 5.26 Å². The highest BCUT2D eigenvalue weighted by atomic mass is 16.5.